The lowest BCUT2D eigenvalue weighted by molar-refractivity contribution is 0.318. The molecule has 20 heavy (non-hydrogen) atoms. The Hall–Kier alpha value is -2.47. The van der Waals surface area contributed by atoms with Crippen LogP contribution in [-0.2, 0) is 0 Å². The van der Waals surface area contributed by atoms with Crippen molar-refractivity contribution in [2.75, 3.05) is 0 Å². The average molecular weight is 285 g/mol. The molecule has 6 heteroatoms. The first kappa shape index (κ1) is 12.6. The summed E-state index contributed by atoms with van der Waals surface area (Å²) in [5.41, 5.74) is 7.84. The molecule has 0 bridgehead atoms. The van der Waals surface area contributed by atoms with Gasteiger partial charge in [-0.25, -0.2) is 4.98 Å². The maximum absolute atomic E-state index is 8.81. The Bertz CT molecular complexity index is 750. The number of benzene rings is 2. The smallest absolute Gasteiger partial charge is 0.261 e. The number of nitrogens with zero attached hydrogens (tertiary/aromatic N) is 2. The van der Waals surface area contributed by atoms with Gasteiger partial charge in [0.05, 0.1) is 0 Å². The molecule has 0 amide bonds. The molecule has 0 unspecified atom stereocenters. The van der Waals surface area contributed by atoms with Gasteiger partial charge in [0.25, 0.3) is 5.22 Å². The Kier molecular flexibility index (Phi) is 3.30. The number of aromatic nitrogens is 1. The fraction of sp³-hybridized carbons (Fsp3) is 0. The van der Waals surface area contributed by atoms with E-state index < -0.39 is 0 Å². The topological polar surface area (TPSA) is 84.6 Å². The number of hydrogen-bond donors (Lipinski definition) is 2. The zero-order valence-corrected chi connectivity index (χ0v) is 11.2. The molecular formula is C14H11N3O2S. The predicted molar refractivity (Wildman–Crippen MR) is 77.1 cm³/mol. The standard InChI is InChI=1S/C14H11N3O2S/c15-13(17-18)9-5-1-4-8-12(9)20-14-16-10-6-2-3-7-11(10)19-14/h1-8,18H,(H2,15,17). The van der Waals surface area contributed by atoms with E-state index in [-0.39, 0.29) is 5.84 Å². The largest absolute Gasteiger partial charge is 0.431 e. The molecule has 0 spiro atoms. The van der Waals surface area contributed by atoms with Crippen molar-refractivity contribution >= 4 is 28.7 Å². The van der Waals surface area contributed by atoms with Crippen molar-refractivity contribution in [3.05, 3.63) is 54.1 Å². The predicted octanol–water partition coefficient (Wildman–Crippen LogP) is 3.07. The molecule has 0 saturated heterocycles. The number of rotatable bonds is 3. The van der Waals surface area contributed by atoms with Gasteiger partial charge in [-0.3, -0.25) is 0 Å². The van der Waals surface area contributed by atoms with Crippen molar-refractivity contribution in [2.45, 2.75) is 10.1 Å². The molecule has 3 N–H and O–H groups in total. The lowest BCUT2D eigenvalue weighted by Gasteiger charge is -2.04. The van der Waals surface area contributed by atoms with E-state index in [1.54, 1.807) is 6.07 Å². The maximum atomic E-state index is 8.81. The molecule has 0 fully saturated rings. The summed E-state index contributed by atoms with van der Waals surface area (Å²) in [6.07, 6.45) is 0. The van der Waals surface area contributed by atoms with Crippen LogP contribution in [0.5, 0.6) is 0 Å². The van der Waals surface area contributed by atoms with Crippen molar-refractivity contribution in [2.24, 2.45) is 10.9 Å². The van der Waals surface area contributed by atoms with Crippen LogP contribution in [0.15, 0.2) is 68.2 Å². The lowest BCUT2D eigenvalue weighted by atomic mass is 10.2. The summed E-state index contributed by atoms with van der Waals surface area (Å²) >= 11 is 1.33. The fourth-order valence-electron chi connectivity index (χ4n) is 1.81. The SMILES string of the molecule is N/C(=N\O)c1ccccc1Sc1nc2ccccc2o1. The third-order valence-electron chi connectivity index (χ3n) is 2.74. The van der Waals surface area contributed by atoms with Crippen molar-refractivity contribution in [3.63, 3.8) is 0 Å². The first-order chi connectivity index (χ1) is 9.78. The van der Waals surface area contributed by atoms with Crippen LogP contribution < -0.4 is 5.73 Å². The number of oxazole rings is 1. The van der Waals surface area contributed by atoms with E-state index in [9.17, 15) is 0 Å². The summed E-state index contributed by atoms with van der Waals surface area (Å²) in [7, 11) is 0. The molecule has 0 aliphatic carbocycles. The van der Waals surface area contributed by atoms with Crippen LogP contribution in [0.3, 0.4) is 0 Å². The third-order valence-corrected chi connectivity index (χ3v) is 3.67. The maximum Gasteiger partial charge on any atom is 0.261 e. The summed E-state index contributed by atoms with van der Waals surface area (Å²) in [6.45, 7) is 0. The van der Waals surface area contributed by atoms with E-state index in [0.29, 0.717) is 10.8 Å². The summed E-state index contributed by atoms with van der Waals surface area (Å²) < 4.78 is 5.65. The van der Waals surface area contributed by atoms with Crippen LogP contribution in [0.4, 0.5) is 0 Å². The van der Waals surface area contributed by atoms with Crippen LogP contribution >= 0.6 is 11.8 Å². The normalized spacial score (nSPS) is 11.9. The molecule has 1 aromatic heterocycles. The molecule has 0 aliphatic heterocycles. The van der Waals surface area contributed by atoms with Gasteiger partial charge in [0, 0.05) is 10.5 Å². The average Bonchev–Trinajstić information content (AvgIpc) is 2.89. The van der Waals surface area contributed by atoms with Gasteiger partial charge in [-0.05, 0) is 30.0 Å². The van der Waals surface area contributed by atoms with Crippen molar-refractivity contribution in [1.29, 1.82) is 0 Å². The molecule has 0 radical (unpaired) electrons. The summed E-state index contributed by atoms with van der Waals surface area (Å²) in [5, 5.41) is 12.4. The number of nitrogens with two attached hydrogens (primary N) is 1. The van der Waals surface area contributed by atoms with Gasteiger partial charge >= 0.3 is 0 Å². The first-order valence-corrected chi connectivity index (χ1v) is 6.70. The molecule has 0 saturated carbocycles. The Morgan fingerprint density at radius 3 is 2.70 bits per heavy atom. The number of fused-ring (bicyclic) bond motifs is 1. The van der Waals surface area contributed by atoms with E-state index in [4.69, 9.17) is 15.4 Å². The van der Waals surface area contributed by atoms with E-state index in [1.807, 2.05) is 42.5 Å². The van der Waals surface area contributed by atoms with Crippen LogP contribution in [0.1, 0.15) is 5.56 Å². The Labute approximate surface area is 119 Å². The molecule has 0 atom stereocenters. The molecule has 1 heterocycles. The first-order valence-electron chi connectivity index (χ1n) is 5.88. The second-order valence-corrected chi connectivity index (χ2v) is 5.02. The highest BCUT2D eigenvalue weighted by molar-refractivity contribution is 7.99. The van der Waals surface area contributed by atoms with Gasteiger partial charge < -0.3 is 15.4 Å². The Morgan fingerprint density at radius 1 is 1.15 bits per heavy atom. The minimum absolute atomic E-state index is 0.0595. The van der Waals surface area contributed by atoms with Gasteiger partial charge in [0.1, 0.15) is 5.52 Å². The number of oxime groups is 1. The monoisotopic (exact) mass is 285 g/mol. The quantitative estimate of drug-likeness (QED) is 0.334. The molecule has 0 aliphatic rings. The molecule has 3 aromatic rings. The second kappa shape index (κ2) is 5.26. The Balaban J connectivity index is 1.99. The minimum Gasteiger partial charge on any atom is -0.431 e. The molecule has 2 aromatic carbocycles. The van der Waals surface area contributed by atoms with Crippen LogP contribution in [0.25, 0.3) is 11.1 Å². The van der Waals surface area contributed by atoms with E-state index >= 15 is 0 Å². The third kappa shape index (κ3) is 2.33. The number of para-hydroxylation sites is 2. The van der Waals surface area contributed by atoms with E-state index in [2.05, 4.69) is 10.1 Å². The van der Waals surface area contributed by atoms with Gasteiger partial charge in [-0.2, -0.15) is 0 Å². The molecule has 100 valence electrons. The molecular weight excluding hydrogens is 274 g/mol. The van der Waals surface area contributed by atoms with Gasteiger partial charge in [0.2, 0.25) is 0 Å². The van der Waals surface area contributed by atoms with Gasteiger partial charge in [-0.1, -0.05) is 35.5 Å². The molecule has 5 nitrogen and oxygen atoms in total. The zero-order valence-electron chi connectivity index (χ0n) is 10.4. The number of hydrogen-bond acceptors (Lipinski definition) is 5. The van der Waals surface area contributed by atoms with Gasteiger partial charge in [-0.15, -0.1) is 0 Å². The highest BCUT2D eigenvalue weighted by atomic mass is 32.2. The van der Waals surface area contributed by atoms with Gasteiger partial charge in [0.15, 0.2) is 11.4 Å². The fourth-order valence-corrected chi connectivity index (χ4v) is 2.70. The second-order valence-electron chi connectivity index (χ2n) is 4.03. The van der Waals surface area contributed by atoms with Crippen LogP contribution in [-0.4, -0.2) is 16.0 Å². The summed E-state index contributed by atoms with van der Waals surface area (Å²) in [5.74, 6) is 0.0595. The van der Waals surface area contributed by atoms with Crippen LogP contribution in [0.2, 0.25) is 0 Å². The summed E-state index contributed by atoms with van der Waals surface area (Å²) in [4.78, 5) is 5.20. The highest BCUT2D eigenvalue weighted by Crippen LogP contribution is 2.31. The van der Waals surface area contributed by atoms with Crippen molar-refractivity contribution < 1.29 is 9.62 Å². The highest BCUT2D eigenvalue weighted by Gasteiger charge is 2.12. The van der Waals surface area contributed by atoms with E-state index in [0.717, 1.165) is 16.0 Å². The molecule has 3 rings (SSSR count). The minimum atomic E-state index is 0.0595. The zero-order chi connectivity index (χ0) is 13.9. The Morgan fingerprint density at radius 2 is 1.90 bits per heavy atom. The van der Waals surface area contributed by atoms with Crippen molar-refractivity contribution in [1.82, 2.24) is 4.98 Å². The van der Waals surface area contributed by atoms with Crippen molar-refractivity contribution in [3.8, 4) is 0 Å². The number of amidine groups is 1. The van der Waals surface area contributed by atoms with E-state index in [1.165, 1.54) is 11.8 Å². The lowest BCUT2D eigenvalue weighted by Crippen LogP contribution is -2.13. The summed E-state index contributed by atoms with van der Waals surface area (Å²) in [6, 6.07) is 14.9. The van der Waals surface area contributed by atoms with Crippen LogP contribution in [0, 0.1) is 0 Å².